The van der Waals surface area contributed by atoms with Crippen LogP contribution in [-0.4, -0.2) is 17.1 Å². The van der Waals surface area contributed by atoms with Crippen LogP contribution in [0, 0.1) is 11.3 Å². The highest BCUT2D eigenvalue weighted by Crippen LogP contribution is 2.21. The number of carboxylic acids is 1. The van der Waals surface area contributed by atoms with E-state index in [-0.39, 0.29) is 12.5 Å². The number of nitriles is 1. The Morgan fingerprint density at radius 2 is 2.35 bits per heavy atom. The van der Waals surface area contributed by atoms with Crippen molar-refractivity contribution in [2.45, 2.75) is 25.8 Å². The molecular formula is C12H13ClN2O2. The molecule has 1 rings (SSSR count). The summed E-state index contributed by atoms with van der Waals surface area (Å²) in [6.45, 7) is 1.89. The topological polar surface area (TPSA) is 73.1 Å². The van der Waals surface area contributed by atoms with Crippen LogP contribution in [0.2, 0.25) is 5.02 Å². The van der Waals surface area contributed by atoms with Gasteiger partial charge in [0, 0.05) is 11.1 Å². The molecule has 0 heterocycles. The fraction of sp³-hybridized carbons (Fsp3) is 0.333. The molecule has 5 heteroatoms. The van der Waals surface area contributed by atoms with Gasteiger partial charge in [0.25, 0.3) is 0 Å². The van der Waals surface area contributed by atoms with Gasteiger partial charge in [-0.15, -0.1) is 0 Å². The number of carboxylic acid groups (broad SMARTS) is 1. The molecule has 1 aromatic rings. The normalized spacial score (nSPS) is 11.6. The van der Waals surface area contributed by atoms with Crippen molar-refractivity contribution in [2.75, 3.05) is 5.32 Å². The van der Waals surface area contributed by atoms with E-state index in [1.54, 1.807) is 18.2 Å². The Morgan fingerprint density at radius 3 is 2.88 bits per heavy atom. The Bertz CT molecular complexity index is 454. The maximum absolute atomic E-state index is 10.6. The zero-order valence-electron chi connectivity index (χ0n) is 9.40. The van der Waals surface area contributed by atoms with Crippen LogP contribution < -0.4 is 5.32 Å². The molecule has 1 aromatic carbocycles. The maximum atomic E-state index is 10.6. The van der Waals surface area contributed by atoms with Gasteiger partial charge in [-0.3, -0.25) is 4.79 Å². The number of aliphatic carboxylic acids is 1. The van der Waals surface area contributed by atoms with Gasteiger partial charge < -0.3 is 10.4 Å². The summed E-state index contributed by atoms with van der Waals surface area (Å²) in [5.41, 5.74) is 1.03. The van der Waals surface area contributed by atoms with Crippen molar-refractivity contribution in [3.63, 3.8) is 0 Å². The van der Waals surface area contributed by atoms with Crippen molar-refractivity contribution >= 4 is 23.3 Å². The highest BCUT2D eigenvalue weighted by atomic mass is 35.5. The van der Waals surface area contributed by atoms with Crippen LogP contribution in [0.1, 0.15) is 25.3 Å². The molecule has 90 valence electrons. The molecule has 2 N–H and O–H groups in total. The van der Waals surface area contributed by atoms with Crippen LogP contribution in [0.4, 0.5) is 5.69 Å². The highest BCUT2D eigenvalue weighted by Gasteiger charge is 2.12. The van der Waals surface area contributed by atoms with Crippen LogP contribution in [0.15, 0.2) is 18.2 Å². The number of halogens is 1. The fourth-order valence-corrected chi connectivity index (χ4v) is 1.64. The Morgan fingerprint density at radius 1 is 1.65 bits per heavy atom. The standard InChI is InChI=1S/C12H13ClN2O2/c1-2-10(6-12(16)17)15-11-4-3-9(13)5-8(11)7-14/h3-5,10,15H,2,6H2,1H3,(H,16,17). The van der Waals surface area contributed by atoms with Crippen molar-refractivity contribution in [1.82, 2.24) is 0 Å². The van der Waals surface area contributed by atoms with Crippen molar-refractivity contribution < 1.29 is 9.90 Å². The summed E-state index contributed by atoms with van der Waals surface area (Å²) < 4.78 is 0. The van der Waals surface area contributed by atoms with Gasteiger partial charge in [-0.05, 0) is 24.6 Å². The number of rotatable bonds is 5. The third-order valence-corrected chi connectivity index (χ3v) is 2.61. The molecule has 0 aliphatic heterocycles. The molecule has 1 unspecified atom stereocenters. The van der Waals surface area contributed by atoms with E-state index in [1.165, 1.54) is 0 Å². The molecule has 1 atom stereocenters. The predicted molar refractivity (Wildman–Crippen MR) is 66.1 cm³/mol. The fourth-order valence-electron chi connectivity index (χ4n) is 1.46. The average molecular weight is 253 g/mol. The first-order valence-electron chi connectivity index (χ1n) is 5.24. The Balaban J connectivity index is 2.86. The molecule has 0 spiro atoms. The van der Waals surface area contributed by atoms with E-state index >= 15 is 0 Å². The van der Waals surface area contributed by atoms with Gasteiger partial charge >= 0.3 is 5.97 Å². The lowest BCUT2D eigenvalue weighted by Gasteiger charge is -2.17. The Kier molecular flexibility index (Phi) is 4.80. The molecular weight excluding hydrogens is 240 g/mol. The zero-order valence-corrected chi connectivity index (χ0v) is 10.2. The number of anilines is 1. The molecule has 0 radical (unpaired) electrons. The summed E-state index contributed by atoms with van der Waals surface area (Å²) in [4.78, 5) is 10.6. The molecule has 0 aliphatic carbocycles. The summed E-state index contributed by atoms with van der Waals surface area (Å²) in [7, 11) is 0. The largest absolute Gasteiger partial charge is 0.481 e. The first-order chi connectivity index (χ1) is 8.06. The van der Waals surface area contributed by atoms with Gasteiger partial charge in [-0.1, -0.05) is 18.5 Å². The summed E-state index contributed by atoms with van der Waals surface area (Å²) in [6.07, 6.45) is 0.684. The summed E-state index contributed by atoms with van der Waals surface area (Å²) in [5, 5.41) is 21.2. The number of hydrogen-bond donors (Lipinski definition) is 2. The molecule has 0 amide bonds. The summed E-state index contributed by atoms with van der Waals surface area (Å²) >= 11 is 5.78. The van der Waals surface area contributed by atoms with Crippen molar-refractivity contribution in [3.8, 4) is 6.07 Å². The predicted octanol–water partition coefficient (Wildman–Crippen LogP) is 2.88. The van der Waals surface area contributed by atoms with E-state index in [9.17, 15) is 4.79 Å². The summed E-state index contributed by atoms with van der Waals surface area (Å²) in [6, 6.07) is 6.73. The Labute approximate surface area is 105 Å². The quantitative estimate of drug-likeness (QED) is 0.845. The zero-order chi connectivity index (χ0) is 12.8. The second-order valence-electron chi connectivity index (χ2n) is 3.65. The highest BCUT2D eigenvalue weighted by molar-refractivity contribution is 6.30. The molecule has 17 heavy (non-hydrogen) atoms. The minimum absolute atomic E-state index is 0.0179. The van der Waals surface area contributed by atoms with Gasteiger partial charge in [0.15, 0.2) is 0 Å². The number of nitrogens with one attached hydrogen (secondary N) is 1. The minimum atomic E-state index is -0.864. The van der Waals surface area contributed by atoms with Crippen LogP contribution in [0.3, 0.4) is 0 Å². The SMILES string of the molecule is CCC(CC(=O)O)Nc1ccc(Cl)cc1C#N. The number of benzene rings is 1. The minimum Gasteiger partial charge on any atom is -0.481 e. The van der Waals surface area contributed by atoms with E-state index in [1.807, 2.05) is 13.0 Å². The number of carbonyl (C=O) groups is 1. The lowest BCUT2D eigenvalue weighted by Crippen LogP contribution is -2.22. The van der Waals surface area contributed by atoms with E-state index in [2.05, 4.69) is 5.32 Å². The molecule has 0 saturated carbocycles. The van der Waals surface area contributed by atoms with Crippen LogP contribution in [0.25, 0.3) is 0 Å². The molecule has 0 aromatic heterocycles. The maximum Gasteiger partial charge on any atom is 0.305 e. The van der Waals surface area contributed by atoms with E-state index in [0.717, 1.165) is 0 Å². The average Bonchev–Trinajstić information content (AvgIpc) is 2.29. The van der Waals surface area contributed by atoms with E-state index in [0.29, 0.717) is 22.7 Å². The van der Waals surface area contributed by atoms with Crippen LogP contribution in [0.5, 0.6) is 0 Å². The smallest absolute Gasteiger partial charge is 0.305 e. The van der Waals surface area contributed by atoms with Crippen LogP contribution >= 0.6 is 11.6 Å². The second kappa shape index (κ2) is 6.12. The summed E-state index contributed by atoms with van der Waals surface area (Å²) in [5.74, 6) is -0.864. The molecule has 4 nitrogen and oxygen atoms in total. The van der Waals surface area contributed by atoms with Crippen LogP contribution in [-0.2, 0) is 4.79 Å². The molecule has 0 saturated heterocycles. The van der Waals surface area contributed by atoms with Gasteiger partial charge in [0.1, 0.15) is 6.07 Å². The van der Waals surface area contributed by atoms with Crippen molar-refractivity contribution in [3.05, 3.63) is 28.8 Å². The lowest BCUT2D eigenvalue weighted by atomic mass is 10.1. The molecule has 0 fully saturated rings. The van der Waals surface area contributed by atoms with E-state index in [4.69, 9.17) is 22.0 Å². The molecule has 0 bridgehead atoms. The second-order valence-corrected chi connectivity index (χ2v) is 4.09. The van der Waals surface area contributed by atoms with Gasteiger partial charge in [-0.2, -0.15) is 5.26 Å². The van der Waals surface area contributed by atoms with Crippen molar-refractivity contribution in [1.29, 1.82) is 5.26 Å². The molecule has 0 aliphatic rings. The first-order valence-corrected chi connectivity index (χ1v) is 5.62. The monoisotopic (exact) mass is 252 g/mol. The lowest BCUT2D eigenvalue weighted by molar-refractivity contribution is -0.137. The van der Waals surface area contributed by atoms with Gasteiger partial charge in [-0.25, -0.2) is 0 Å². The Hall–Kier alpha value is -1.73. The number of hydrogen-bond acceptors (Lipinski definition) is 3. The van der Waals surface area contributed by atoms with Crippen molar-refractivity contribution in [2.24, 2.45) is 0 Å². The van der Waals surface area contributed by atoms with E-state index < -0.39 is 5.97 Å². The first kappa shape index (κ1) is 13.3. The number of nitrogens with zero attached hydrogens (tertiary/aromatic N) is 1. The van der Waals surface area contributed by atoms with Gasteiger partial charge in [0.05, 0.1) is 17.7 Å². The third-order valence-electron chi connectivity index (χ3n) is 2.38. The third kappa shape index (κ3) is 3.97. The van der Waals surface area contributed by atoms with Gasteiger partial charge in [0.2, 0.25) is 0 Å².